The molecule has 0 spiro atoms. The maximum Gasteiger partial charge on any atom is 0.251 e. The van der Waals surface area contributed by atoms with Gasteiger partial charge >= 0.3 is 0 Å². The van der Waals surface area contributed by atoms with Gasteiger partial charge in [-0.25, -0.2) is 4.98 Å². The van der Waals surface area contributed by atoms with Gasteiger partial charge in [0.1, 0.15) is 5.15 Å². The lowest BCUT2D eigenvalue weighted by molar-refractivity contribution is 0.755. The summed E-state index contributed by atoms with van der Waals surface area (Å²) in [6.45, 7) is 2.33. The summed E-state index contributed by atoms with van der Waals surface area (Å²) in [5, 5.41) is 1.46. The van der Waals surface area contributed by atoms with Crippen molar-refractivity contribution in [2.75, 3.05) is 0 Å². The van der Waals surface area contributed by atoms with Crippen LogP contribution in [0.1, 0.15) is 11.1 Å². The third-order valence-electron chi connectivity index (χ3n) is 3.24. The SMILES string of the molecule is Cc1ccn(Cc2cc3ccccc3nc2Cl)c(=O)c1. The van der Waals surface area contributed by atoms with E-state index in [1.54, 1.807) is 16.8 Å². The Morgan fingerprint density at radius 3 is 2.80 bits per heavy atom. The van der Waals surface area contributed by atoms with Crippen LogP contribution in [0.5, 0.6) is 0 Å². The lowest BCUT2D eigenvalue weighted by atomic mass is 10.1. The molecule has 1 aromatic carbocycles. The number of benzene rings is 1. The van der Waals surface area contributed by atoms with Crippen LogP contribution in [-0.2, 0) is 6.54 Å². The highest BCUT2D eigenvalue weighted by molar-refractivity contribution is 6.30. The summed E-state index contributed by atoms with van der Waals surface area (Å²) in [5.74, 6) is 0. The molecule has 0 unspecified atom stereocenters. The average Bonchev–Trinajstić information content (AvgIpc) is 2.42. The first-order chi connectivity index (χ1) is 9.63. The van der Waals surface area contributed by atoms with Gasteiger partial charge in [0.05, 0.1) is 12.1 Å². The van der Waals surface area contributed by atoms with E-state index >= 15 is 0 Å². The predicted molar refractivity (Wildman–Crippen MR) is 81.3 cm³/mol. The third kappa shape index (κ3) is 2.45. The van der Waals surface area contributed by atoms with Crippen molar-refractivity contribution in [3.63, 3.8) is 0 Å². The van der Waals surface area contributed by atoms with E-state index in [1.807, 2.05) is 43.3 Å². The van der Waals surface area contributed by atoms with E-state index in [0.717, 1.165) is 22.0 Å². The van der Waals surface area contributed by atoms with Gasteiger partial charge in [0.15, 0.2) is 0 Å². The number of nitrogens with zero attached hydrogens (tertiary/aromatic N) is 2. The highest BCUT2D eigenvalue weighted by Crippen LogP contribution is 2.20. The van der Waals surface area contributed by atoms with Gasteiger partial charge in [-0.3, -0.25) is 4.79 Å². The van der Waals surface area contributed by atoms with Crippen LogP contribution in [0, 0.1) is 6.92 Å². The normalized spacial score (nSPS) is 10.9. The Bertz CT molecular complexity index is 839. The molecule has 2 aromatic heterocycles. The number of pyridine rings is 2. The molecule has 0 atom stereocenters. The van der Waals surface area contributed by atoms with Crippen molar-refractivity contribution in [1.82, 2.24) is 9.55 Å². The van der Waals surface area contributed by atoms with E-state index < -0.39 is 0 Å². The summed E-state index contributed by atoms with van der Waals surface area (Å²) in [5.41, 5.74) is 2.62. The summed E-state index contributed by atoms with van der Waals surface area (Å²) in [6, 6.07) is 13.3. The summed E-state index contributed by atoms with van der Waals surface area (Å²) in [7, 11) is 0. The molecule has 0 aliphatic heterocycles. The van der Waals surface area contributed by atoms with Crippen LogP contribution in [0.15, 0.2) is 53.5 Å². The van der Waals surface area contributed by atoms with Gasteiger partial charge in [-0.15, -0.1) is 0 Å². The van der Waals surface area contributed by atoms with Crippen molar-refractivity contribution < 1.29 is 0 Å². The van der Waals surface area contributed by atoms with Gasteiger partial charge < -0.3 is 4.57 Å². The Kier molecular flexibility index (Phi) is 3.28. The number of hydrogen-bond donors (Lipinski definition) is 0. The van der Waals surface area contributed by atoms with Crippen LogP contribution in [0.4, 0.5) is 0 Å². The molecule has 0 aliphatic carbocycles. The van der Waals surface area contributed by atoms with Crippen molar-refractivity contribution in [1.29, 1.82) is 0 Å². The van der Waals surface area contributed by atoms with Gasteiger partial charge in [0.25, 0.3) is 5.56 Å². The van der Waals surface area contributed by atoms with E-state index in [9.17, 15) is 4.79 Å². The largest absolute Gasteiger partial charge is 0.311 e. The van der Waals surface area contributed by atoms with E-state index in [-0.39, 0.29) is 5.56 Å². The zero-order valence-electron chi connectivity index (χ0n) is 11.0. The number of aryl methyl sites for hydroxylation is 1. The van der Waals surface area contributed by atoms with Crippen molar-refractivity contribution in [2.24, 2.45) is 0 Å². The van der Waals surface area contributed by atoms with E-state index in [1.165, 1.54) is 0 Å². The number of fused-ring (bicyclic) bond motifs is 1. The first-order valence-corrected chi connectivity index (χ1v) is 6.72. The minimum atomic E-state index is -0.0331. The number of hydrogen-bond acceptors (Lipinski definition) is 2. The Hall–Kier alpha value is -2.13. The Labute approximate surface area is 121 Å². The molecule has 0 saturated carbocycles. The molecule has 20 heavy (non-hydrogen) atoms. The molecule has 0 saturated heterocycles. The molecule has 100 valence electrons. The molecule has 0 aliphatic rings. The smallest absolute Gasteiger partial charge is 0.251 e. The molecule has 0 bridgehead atoms. The minimum absolute atomic E-state index is 0.0331. The van der Waals surface area contributed by atoms with E-state index in [4.69, 9.17) is 11.6 Å². The van der Waals surface area contributed by atoms with Gasteiger partial charge in [0, 0.05) is 23.2 Å². The maximum absolute atomic E-state index is 11.9. The maximum atomic E-state index is 11.9. The molecule has 0 N–H and O–H groups in total. The first kappa shape index (κ1) is 12.9. The third-order valence-corrected chi connectivity index (χ3v) is 3.57. The molecule has 2 heterocycles. The summed E-state index contributed by atoms with van der Waals surface area (Å²) >= 11 is 6.21. The van der Waals surface area contributed by atoms with Crippen LogP contribution in [-0.4, -0.2) is 9.55 Å². The number of halogens is 1. The van der Waals surface area contributed by atoms with Crippen molar-refractivity contribution in [3.8, 4) is 0 Å². The second-order valence-corrected chi connectivity index (χ2v) is 5.16. The quantitative estimate of drug-likeness (QED) is 0.676. The fourth-order valence-electron chi connectivity index (χ4n) is 2.17. The van der Waals surface area contributed by atoms with Crippen molar-refractivity contribution in [2.45, 2.75) is 13.5 Å². The lowest BCUT2D eigenvalue weighted by Gasteiger charge is -2.09. The van der Waals surface area contributed by atoms with Crippen LogP contribution in [0.2, 0.25) is 5.15 Å². The average molecular weight is 285 g/mol. The second-order valence-electron chi connectivity index (χ2n) is 4.80. The highest BCUT2D eigenvalue weighted by atomic mass is 35.5. The van der Waals surface area contributed by atoms with Gasteiger partial charge in [-0.05, 0) is 30.7 Å². The molecule has 3 aromatic rings. The first-order valence-electron chi connectivity index (χ1n) is 6.35. The molecule has 0 fully saturated rings. The van der Waals surface area contributed by atoms with Crippen LogP contribution in [0.25, 0.3) is 10.9 Å². The minimum Gasteiger partial charge on any atom is -0.311 e. The van der Waals surface area contributed by atoms with Crippen molar-refractivity contribution >= 4 is 22.5 Å². The molecule has 3 nitrogen and oxygen atoms in total. The molecular weight excluding hydrogens is 272 g/mol. The van der Waals surface area contributed by atoms with Crippen LogP contribution < -0.4 is 5.56 Å². The number of rotatable bonds is 2. The van der Waals surface area contributed by atoms with Crippen molar-refractivity contribution in [3.05, 3.63) is 75.3 Å². The Morgan fingerprint density at radius 2 is 2.00 bits per heavy atom. The zero-order valence-corrected chi connectivity index (χ0v) is 11.8. The topological polar surface area (TPSA) is 34.9 Å². The fourth-order valence-corrected chi connectivity index (χ4v) is 2.37. The summed E-state index contributed by atoms with van der Waals surface area (Å²) in [6.07, 6.45) is 1.78. The standard InChI is InChI=1S/C16H13ClN2O/c1-11-6-7-19(15(20)8-11)10-13-9-12-4-2-3-5-14(12)18-16(13)17/h2-9H,10H2,1H3. The van der Waals surface area contributed by atoms with E-state index in [0.29, 0.717) is 11.7 Å². The predicted octanol–water partition coefficient (Wildman–Crippen LogP) is 3.41. The summed E-state index contributed by atoms with van der Waals surface area (Å²) in [4.78, 5) is 16.3. The monoisotopic (exact) mass is 284 g/mol. The van der Waals surface area contributed by atoms with Crippen LogP contribution in [0.3, 0.4) is 0 Å². The molecule has 0 amide bonds. The molecule has 4 heteroatoms. The molecule has 3 rings (SSSR count). The number of para-hydroxylation sites is 1. The van der Waals surface area contributed by atoms with Crippen LogP contribution >= 0.6 is 11.6 Å². The van der Waals surface area contributed by atoms with Gasteiger partial charge in [-0.2, -0.15) is 0 Å². The molecule has 0 radical (unpaired) electrons. The zero-order chi connectivity index (χ0) is 14.1. The molecular formula is C16H13ClN2O. The summed E-state index contributed by atoms with van der Waals surface area (Å²) < 4.78 is 1.63. The Balaban J connectivity index is 2.06. The van der Waals surface area contributed by atoms with Gasteiger partial charge in [-0.1, -0.05) is 29.8 Å². The fraction of sp³-hybridized carbons (Fsp3) is 0.125. The van der Waals surface area contributed by atoms with Gasteiger partial charge in [0.2, 0.25) is 0 Å². The number of aromatic nitrogens is 2. The highest BCUT2D eigenvalue weighted by Gasteiger charge is 2.06. The lowest BCUT2D eigenvalue weighted by Crippen LogP contribution is -2.19. The van der Waals surface area contributed by atoms with E-state index in [2.05, 4.69) is 4.98 Å². The Morgan fingerprint density at radius 1 is 1.20 bits per heavy atom. The second kappa shape index (κ2) is 5.10.